The third kappa shape index (κ3) is 14.4. The third-order valence-electron chi connectivity index (χ3n) is 20.6. The molecule has 2 aliphatic heterocycles. The molecule has 4 aromatic heterocycles. The van der Waals surface area contributed by atoms with Crippen LogP contribution in [0.2, 0.25) is 0 Å². The molecule has 0 fully saturated rings. The van der Waals surface area contributed by atoms with Crippen molar-refractivity contribution in [2.45, 2.75) is 38.0 Å². The predicted molar refractivity (Wildman–Crippen MR) is 480 cm³/mol. The number of halogens is 4. The van der Waals surface area contributed by atoms with E-state index < -0.39 is 266 Å². The Morgan fingerprint density at radius 3 is 1.21 bits per heavy atom. The van der Waals surface area contributed by atoms with Crippen LogP contribution in [0.3, 0.4) is 0 Å². The molecular weight excluding hydrogens is 1880 g/mol. The van der Waals surface area contributed by atoms with Crippen molar-refractivity contribution >= 4 is 89.1 Å². The average Bonchev–Trinajstić information content (AvgIpc) is 1.63. The van der Waals surface area contributed by atoms with Crippen LogP contribution in [0.1, 0.15) is 92.5 Å². The van der Waals surface area contributed by atoms with Crippen molar-refractivity contribution in [2.24, 2.45) is 0 Å². The fourth-order valence-corrected chi connectivity index (χ4v) is 15.0. The van der Waals surface area contributed by atoms with Gasteiger partial charge in [0.05, 0.1) is 43.9 Å². The van der Waals surface area contributed by atoms with Crippen molar-refractivity contribution in [1.29, 1.82) is 0 Å². The Labute approximate surface area is 780 Å². The van der Waals surface area contributed by atoms with Crippen molar-refractivity contribution in [1.82, 2.24) is 19.1 Å². The van der Waals surface area contributed by atoms with Gasteiger partial charge in [0.2, 0.25) is 0 Å². The van der Waals surface area contributed by atoms with Gasteiger partial charge in [-0.3, -0.25) is 0 Å². The number of pyridine rings is 2. The number of para-hydroxylation sites is 7. The summed E-state index contributed by atoms with van der Waals surface area (Å²) in [5.41, 5.74) is -4.37. The molecule has 600 valence electrons. The van der Waals surface area contributed by atoms with Gasteiger partial charge in [-0.25, -0.2) is 27.5 Å². The molecule has 8 nitrogen and oxygen atoms in total. The normalized spacial score (nSPS) is 16.3. The number of fused-ring (bicyclic) bond motifs is 8. The van der Waals surface area contributed by atoms with Gasteiger partial charge in [-0.2, -0.15) is 72.8 Å². The first kappa shape index (κ1) is 50.5. The summed E-state index contributed by atoms with van der Waals surface area (Å²) >= 11 is 0. The van der Waals surface area contributed by atoms with E-state index in [0.29, 0.717) is 22.4 Å². The Kier molecular flexibility index (Phi) is 13.6. The molecule has 0 amide bonds. The SMILES string of the molecule is [2H]c1c([2H])c([2H])c(-c2c([2H])c([2H])c([2H])c(-c3c([2H])c([2H])c([2H])c([2H])c3[2H])c2N2[CH-]N(c3[c-]c(C(F)(F)c4[c-]c5c(cc4)c4ccccc4n5-c4cc(C(C)(C)C)ccn4)ccc3)c3ccccc32)c([2H])c1[2H].[2H]c1c([2H])c([2H])c(-c2cc(-c3c([2H])c([2H])c([2H])c([2H])c3[2H])c(N3[CH-]N(c4[c-]c(C(F)(F)c5[c-]c6c(cc5)c5c([2H])c([2H])c([2H])c([2H])c5n6-c5ccccn5)ccc4)c4ccccc43)c(-c3c([2H])c([2H])c([2H])c([2H])c3[2H])c2)c([2H])c1[2H].[Pt].[Pt]. The molecule has 2 aliphatic rings. The minimum absolute atomic E-state index is 0. The molecule has 19 aromatic rings. The van der Waals surface area contributed by atoms with Gasteiger partial charge < -0.3 is 28.7 Å². The number of rotatable bonds is 15. The van der Waals surface area contributed by atoms with Crippen molar-refractivity contribution < 1.29 is 104 Å². The summed E-state index contributed by atoms with van der Waals surface area (Å²) in [5.74, 6) is -6.91. The van der Waals surface area contributed by atoms with Gasteiger partial charge >= 0.3 is 0 Å². The van der Waals surface area contributed by atoms with Crippen LogP contribution in [0, 0.1) is 37.6 Å². The Morgan fingerprint density at radius 2 is 0.721 bits per heavy atom. The molecule has 0 unspecified atom stereocenters. The van der Waals surface area contributed by atoms with E-state index in [1.807, 2.05) is 41.0 Å². The monoisotopic (exact) mass is 1980 g/mol. The standard InChI is InChI=1S/C55H35F2N4.C53H39F2N4.2Pt/c56-55(57,43-30-31-46-45-25-10-11-26-49(45)61(52(46)36-43)53-29-14-15-32-58-53)42-23-16-24-44(35-42)59-37-60(51-28-13-12-27-50(51)59)54-47(39-19-6-2-7-20-39)33-41(38-17-4-1-5-18-38)34-48(54)40-21-8-3-9-22-40;1-52(2,3)38-30-31-56-50(34-38)59-46-25-11-10-22-44(46)45-29-28-40(33-49(45)59)53(54,55)39-20-14-21-41(32-39)57-35-58(48-27-13-12-26-47(48)57)51-42(36-16-6-4-7-17-36)23-15-24-43(51)37-18-8-5-9-19-37;;/h1-34,37H;4-31,34-35H,1-3H3;;/q2*-3;;/i1D,2D,3D,4D,5D,6D,7D,8D,9D,10D,11D,17D,18D,19D,20D,21D,22D,25D,26D;4D,5D,6D,7D,8D,9D,15D,16D,17D,18D,19D,23D,24D;;. The van der Waals surface area contributed by atoms with Gasteiger partial charge in [0.25, 0.3) is 11.8 Å². The van der Waals surface area contributed by atoms with Crippen molar-refractivity contribution in [3.63, 3.8) is 0 Å². The number of nitrogens with zero attached hydrogens (tertiary/aromatic N) is 8. The maximum atomic E-state index is 17.4. The quantitative estimate of drug-likeness (QED) is 0.0753. The van der Waals surface area contributed by atoms with E-state index in [9.17, 15) is 8.22 Å². The molecule has 122 heavy (non-hydrogen) atoms. The second kappa shape index (κ2) is 32.9. The largest absolute Gasteiger partial charge is 0.493 e. The predicted octanol–water partition coefficient (Wildman–Crippen LogP) is 28.3. The van der Waals surface area contributed by atoms with E-state index in [4.69, 9.17) is 35.6 Å². The zero-order valence-corrected chi connectivity index (χ0v) is 68.3. The molecule has 21 rings (SSSR count). The molecule has 0 radical (unpaired) electrons. The van der Waals surface area contributed by atoms with Crippen molar-refractivity contribution in [3.05, 3.63) is 447 Å². The zero-order chi connectivity index (χ0) is 109. The van der Waals surface area contributed by atoms with Gasteiger partial charge in [0.15, 0.2) is 0 Å². The minimum atomic E-state index is -3.90. The third-order valence-corrected chi connectivity index (χ3v) is 20.6. The molecular formula is C108H74F4N8Pt2-6. The molecule has 0 atom stereocenters. The summed E-state index contributed by atoms with van der Waals surface area (Å²) in [7, 11) is 0. The van der Waals surface area contributed by atoms with E-state index in [0.717, 1.165) is 28.6 Å². The van der Waals surface area contributed by atoms with Gasteiger partial charge in [0, 0.05) is 122 Å². The number of benzene rings is 15. The summed E-state index contributed by atoms with van der Waals surface area (Å²) < 4.78 is 354. The Hall–Kier alpha value is -13.5. The van der Waals surface area contributed by atoms with Crippen LogP contribution >= 0.6 is 0 Å². The molecule has 0 N–H and O–H groups in total. The van der Waals surface area contributed by atoms with Crippen LogP contribution in [0.15, 0.2) is 382 Å². The second-order valence-electron chi connectivity index (χ2n) is 28.7. The van der Waals surface area contributed by atoms with E-state index in [1.54, 1.807) is 79.0 Å². The summed E-state index contributed by atoms with van der Waals surface area (Å²) in [6.07, 6.45) is 3.14. The summed E-state index contributed by atoms with van der Waals surface area (Å²) in [5, 5.41) is 1.77. The Balaban J connectivity index is 0.000000198. The molecule has 14 heteroatoms. The Bertz CT molecular complexity index is 8840. The van der Waals surface area contributed by atoms with Crippen LogP contribution in [0.5, 0.6) is 0 Å². The molecule has 0 saturated carbocycles. The molecule has 0 spiro atoms. The number of aromatic nitrogens is 4. The molecule has 6 heterocycles. The topological polar surface area (TPSA) is 48.6 Å². The zero-order valence-electron chi connectivity index (χ0n) is 95.8. The van der Waals surface area contributed by atoms with Crippen LogP contribution in [-0.2, 0) is 59.4 Å². The van der Waals surface area contributed by atoms with E-state index in [1.165, 1.54) is 98.3 Å². The molecule has 0 saturated heterocycles. The molecule has 0 bridgehead atoms. The Morgan fingerprint density at radius 1 is 0.311 bits per heavy atom. The smallest absolute Gasteiger partial charge is 0.254 e. The maximum Gasteiger partial charge on any atom is 0.254 e. The first-order valence-corrected chi connectivity index (χ1v) is 37.3. The second-order valence-corrected chi connectivity index (χ2v) is 28.7. The molecule has 0 aliphatic carbocycles. The van der Waals surface area contributed by atoms with Gasteiger partial charge in [-0.1, -0.05) is 290 Å². The number of alkyl halides is 4. The van der Waals surface area contributed by atoms with E-state index >= 15 is 17.6 Å². The van der Waals surface area contributed by atoms with E-state index in [-0.39, 0.29) is 132 Å². The first-order chi connectivity index (χ1) is 71.9. The summed E-state index contributed by atoms with van der Waals surface area (Å²) in [6.45, 7) is 8.96. The van der Waals surface area contributed by atoms with Crippen molar-refractivity contribution in [3.8, 4) is 67.3 Å². The number of hydrogen-bond donors (Lipinski definition) is 0. The minimum Gasteiger partial charge on any atom is -0.493 e. The average molecular weight is 1980 g/mol. The van der Waals surface area contributed by atoms with E-state index in [2.05, 4.69) is 55.0 Å². The van der Waals surface area contributed by atoms with Crippen LogP contribution in [0.25, 0.3) is 111 Å². The van der Waals surface area contributed by atoms with Crippen LogP contribution in [0.4, 0.5) is 63.1 Å². The molecule has 15 aromatic carbocycles. The summed E-state index contributed by atoms with van der Waals surface area (Å²) in [6, 6.07) is 33.0. The fraction of sp³-hybridized carbons (Fsp3) is 0.0556. The van der Waals surface area contributed by atoms with Gasteiger partial charge in [0.1, 0.15) is 11.6 Å². The first-order valence-electron chi connectivity index (χ1n) is 53.3. The maximum absolute atomic E-state index is 17.4. The number of hydrogen-bond acceptors (Lipinski definition) is 6. The summed E-state index contributed by atoms with van der Waals surface area (Å²) in [4.78, 5) is 14.7. The van der Waals surface area contributed by atoms with Gasteiger partial charge in [-0.05, 0) is 128 Å². The fourth-order valence-electron chi connectivity index (χ4n) is 15.0. The van der Waals surface area contributed by atoms with Crippen LogP contribution in [-0.4, -0.2) is 19.1 Å². The van der Waals surface area contributed by atoms with Crippen LogP contribution < -0.4 is 19.6 Å². The van der Waals surface area contributed by atoms with Gasteiger partial charge in [-0.15, -0.1) is 47.6 Å². The number of anilines is 8. The van der Waals surface area contributed by atoms with Crippen molar-refractivity contribution in [2.75, 3.05) is 19.6 Å².